The lowest BCUT2D eigenvalue weighted by atomic mass is 9.82. The number of nitrogens with one attached hydrogen (secondary N) is 2. The van der Waals surface area contributed by atoms with Gasteiger partial charge in [0.15, 0.2) is 0 Å². The number of carbonyl (C=O) groups excluding carboxylic acids is 1. The Kier molecular flexibility index (Phi) is 4.85. The van der Waals surface area contributed by atoms with Crippen molar-refractivity contribution in [2.24, 2.45) is 5.92 Å². The van der Waals surface area contributed by atoms with Crippen LogP contribution in [0.1, 0.15) is 23.3 Å². The predicted octanol–water partition coefficient (Wildman–Crippen LogP) is 2.81. The third-order valence-corrected chi connectivity index (χ3v) is 5.95. The van der Waals surface area contributed by atoms with Crippen LogP contribution in [0.4, 0.5) is 5.69 Å². The van der Waals surface area contributed by atoms with Gasteiger partial charge in [-0.2, -0.15) is 10.2 Å². The van der Waals surface area contributed by atoms with Gasteiger partial charge in [0.2, 0.25) is 0 Å². The van der Waals surface area contributed by atoms with Crippen molar-refractivity contribution in [2.45, 2.75) is 25.5 Å². The Morgan fingerprint density at radius 2 is 2.27 bits per heavy atom. The van der Waals surface area contributed by atoms with E-state index in [0.717, 1.165) is 23.4 Å². The number of thiazole rings is 1. The molecule has 1 aliphatic carbocycles. The number of aromatic nitrogens is 6. The average molecular weight is 421 g/mol. The second-order valence-electron chi connectivity index (χ2n) is 7.30. The molecule has 4 heterocycles. The summed E-state index contributed by atoms with van der Waals surface area (Å²) in [6, 6.07) is 5.57. The Morgan fingerprint density at radius 3 is 3.00 bits per heavy atom. The third-order valence-electron chi connectivity index (χ3n) is 5.06. The Balaban J connectivity index is 1.39. The van der Waals surface area contributed by atoms with Crippen molar-refractivity contribution in [3.63, 3.8) is 0 Å². The molecule has 0 unspecified atom stereocenters. The van der Waals surface area contributed by atoms with Crippen molar-refractivity contribution in [1.82, 2.24) is 29.9 Å². The molecule has 0 aliphatic heterocycles. The molecule has 0 atom stereocenters. The summed E-state index contributed by atoms with van der Waals surface area (Å²) in [4.78, 5) is 21.6. The van der Waals surface area contributed by atoms with Crippen molar-refractivity contribution in [2.75, 3.05) is 5.32 Å². The number of nitrogens with zero attached hydrogens (tertiary/aromatic N) is 5. The Hall–Kier alpha value is -3.37. The summed E-state index contributed by atoms with van der Waals surface area (Å²) < 4.78 is 1.81. The number of pyridine rings is 1. The topological polar surface area (TPSA) is 122 Å². The molecular formula is C20H19N7O2S. The fraction of sp³-hybridized carbons (Fsp3) is 0.250. The summed E-state index contributed by atoms with van der Waals surface area (Å²) in [7, 11) is 0. The number of aliphatic hydroxyl groups is 1. The van der Waals surface area contributed by atoms with E-state index in [1.165, 1.54) is 11.3 Å². The lowest BCUT2D eigenvalue weighted by Crippen LogP contribution is -2.31. The smallest absolute Gasteiger partial charge is 0.275 e. The van der Waals surface area contributed by atoms with Crippen LogP contribution in [0.5, 0.6) is 0 Å². The summed E-state index contributed by atoms with van der Waals surface area (Å²) in [5.41, 5.74) is 3.03. The molecule has 152 valence electrons. The predicted molar refractivity (Wildman–Crippen MR) is 112 cm³/mol. The first-order chi connectivity index (χ1) is 14.7. The van der Waals surface area contributed by atoms with Crippen molar-refractivity contribution < 1.29 is 9.90 Å². The van der Waals surface area contributed by atoms with Crippen LogP contribution < -0.4 is 5.32 Å². The zero-order valence-corrected chi connectivity index (χ0v) is 16.7. The fourth-order valence-corrected chi connectivity index (χ4v) is 4.26. The molecule has 5 rings (SSSR count). The zero-order valence-electron chi connectivity index (χ0n) is 15.9. The number of amides is 1. The maximum Gasteiger partial charge on any atom is 0.275 e. The summed E-state index contributed by atoms with van der Waals surface area (Å²) in [6.45, 7) is 0.689. The van der Waals surface area contributed by atoms with Gasteiger partial charge in [0, 0.05) is 36.1 Å². The average Bonchev–Trinajstić information content (AvgIpc) is 3.48. The second-order valence-corrected chi connectivity index (χ2v) is 8.16. The molecule has 30 heavy (non-hydrogen) atoms. The zero-order chi connectivity index (χ0) is 20.5. The number of aliphatic hydroxyl groups excluding tert-OH is 1. The molecular weight excluding hydrogens is 402 g/mol. The first-order valence-electron chi connectivity index (χ1n) is 9.58. The molecule has 0 saturated heterocycles. The van der Waals surface area contributed by atoms with Crippen LogP contribution in [-0.4, -0.2) is 47.1 Å². The van der Waals surface area contributed by atoms with E-state index >= 15 is 0 Å². The van der Waals surface area contributed by atoms with Gasteiger partial charge in [0.05, 0.1) is 23.7 Å². The maximum absolute atomic E-state index is 12.8. The molecule has 0 aromatic carbocycles. The Bertz CT molecular complexity index is 1150. The van der Waals surface area contributed by atoms with Gasteiger partial charge < -0.3 is 10.4 Å². The number of hydrogen-bond acceptors (Lipinski definition) is 7. The molecule has 3 N–H and O–H groups in total. The highest BCUT2D eigenvalue weighted by Crippen LogP contribution is 2.31. The minimum absolute atomic E-state index is 0.214. The third kappa shape index (κ3) is 3.74. The van der Waals surface area contributed by atoms with Crippen molar-refractivity contribution >= 4 is 22.9 Å². The van der Waals surface area contributed by atoms with E-state index in [-0.39, 0.29) is 12.0 Å². The lowest BCUT2D eigenvalue weighted by molar-refractivity contribution is 0.0337. The highest BCUT2D eigenvalue weighted by molar-refractivity contribution is 7.13. The number of carbonyl (C=O) groups is 1. The van der Waals surface area contributed by atoms with E-state index in [2.05, 4.69) is 30.6 Å². The van der Waals surface area contributed by atoms with E-state index in [1.807, 2.05) is 29.1 Å². The summed E-state index contributed by atoms with van der Waals surface area (Å²) in [6.07, 6.45) is 8.25. The highest BCUT2D eigenvalue weighted by Gasteiger charge is 2.28. The molecule has 0 radical (unpaired) electrons. The molecule has 9 nitrogen and oxygen atoms in total. The van der Waals surface area contributed by atoms with Crippen LogP contribution in [0.2, 0.25) is 0 Å². The number of anilines is 1. The largest absolute Gasteiger partial charge is 0.393 e. The molecule has 0 spiro atoms. The first-order valence-corrected chi connectivity index (χ1v) is 10.5. The van der Waals surface area contributed by atoms with Crippen molar-refractivity contribution in [3.8, 4) is 22.0 Å². The van der Waals surface area contributed by atoms with Crippen LogP contribution >= 0.6 is 11.3 Å². The van der Waals surface area contributed by atoms with Gasteiger partial charge in [0.25, 0.3) is 5.91 Å². The number of aromatic amines is 1. The second kappa shape index (κ2) is 7.81. The standard InChI is InChI=1S/C20H19N7O2S/c28-14-5-12(6-14)9-27-10-16(18(26-27)15-3-1-2-4-21-15)24-19(29)17-11-30-20(25-17)13-7-22-23-8-13/h1-4,7-8,10-12,14,28H,5-6,9H2,(H,22,23)(H,24,29). The first kappa shape index (κ1) is 18.6. The molecule has 1 saturated carbocycles. The molecule has 1 aliphatic rings. The fourth-order valence-electron chi connectivity index (χ4n) is 3.48. The summed E-state index contributed by atoms with van der Waals surface area (Å²) in [5.74, 6) is 0.0767. The number of hydrogen-bond donors (Lipinski definition) is 3. The van der Waals surface area contributed by atoms with Gasteiger partial charge in [-0.15, -0.1) is 11.3 Å². The quantitative estimate of drug-likeness (QED) is 0.440. The normalized spacial score (nSPS) is 18.2. The molecule has 10 heteroatoms. The van der Waals surface area contributed by atoms with Crippen molar-refractivity contribution in [1.29, 1.82) is 0 Å². The van der Waals surface area contributed by atoms with Crippen molar-refractivity contribution in [3.05, 3.63) is 54.1 Å². The van der Waals surface area contributed by atoms with E-state index in [1.54, 1.807) is 24.0 Å². The number of H-pyrrole nitrogens is 1. The Morgan fingerprint density at radius 1 is 1.37 bits per heavy atom. The van der Waals surface area contributed by atoms with E-state index in [0.29, 0.717) is 35.2 Å². The van der Waals surface area contributed by atoms with Crippen LogP contribution in [0.15, 0.2) is 48.4 Å². The molecule has 4 aromatic rings. The van der Waals surface area contributed by atoms with Gasteiger partial charge in [-0.05, 0) is 30.9 Å². The maximum atomic E-state index is 12.8. The molecule has 1 fully saturated rings. The Labute approximate surface area is 175 Å². The van der Waals surface area contributed by atoms with Gasteiger partial charge in [-0.25, -0.2) is 4.98 Å². The van der Waals surface area contributed by atoms with Crippen LogP contribution in [0.25, 0.3) is 22.0 Å². The van der Waals surface area contributed by atoms with Crippen LogP contribution in [0.3, 0.4) is 0 Å². The molecule has 4 aromatic heterocycles. The lowest BCUT2D eigenvalue weighted by Gasteiger charge is -2.31. The number of rotatable bonds is 6. The van der Waals surface area contributed by atoms with Crippen LogP contribution in [-0.2, 0) is 6.54 Å². The SMILES string of the molecule is O=C(Nc1cn(CC2CC(O)C2)nc1-c1ccccn1)c1csc(-c2cn[nH]c2)n1. The van der Waals surface area contributed by atoms with Gasteiger partial charge in [0.1, 0.15) is 16.4 Å². The van der Waals surface area contributed by atoms with Gasteiger partial charge in [-0.1, -0.05) is 6.07 Å². The van der Waals surface area contributed by atoms with Gasteiger partial charge in [-0.3, -0.25) is 19.6 Å². The van der Waals surface area contributed by atoms with Crippen LogP contribution in [0, 0.1) is 5.92 Å². The minimum Gasteiger partial charge on any atom is -0.393 e. The summed E-state index contributed by atoms with van der Waals surface area (Å²) >= 11 is 1.38. The van der Waals surface area contributed by atoms with Gasteiger partial charge >= 0.3 is 0 Å². The molecule has 0 bridgehead atoms. The minimum atomic E-state index is -0.309. The molecule has 1 amide bonds. The van der Waals surface area contributed by atoms with E-state index in [9.17, 15) is 9.90 Å². The highest BCUT2D eigenvalue weighted by atomic mass is 32.1. The monoisotopic (exact) mass is 421 g/mol. The van der Waals surface area contributed by atoms with E-state index < -0.39 is 0 Å². The summed E-state index contributed by atoms with van der Waals surface area (Å²) in [5, 5.41) is 26.2. The van der Waals surface area contributed by atoms with E-state index in [4.69, 9.17) is 0 Å².